The first-order chi connectivity index (χ1) is 12.5. The summed E-state index contributed by atoms with van der Waals surface area (Å²) in [6.07, 6.45) is 1.80. The van der Waals surface area contributed by atoms with Crippen LogP contribution < -0.4 is 9.47 Å². The normalized spacial score (nSPS) is 10.7. The Balaban J connectivity index is 2.01. The molecule has 3 aromatic rings. The van der Waals surface area contributed by atoms with Gasteiger partial charge in [-0.25, -0.2) is 4.98 Å². The van der Waals surface area contributed by atoms with Gasteiger partial charge in [0.15, 0.2) is 0 Å². The largest absolute Gasteiger partial charge is 0.496 e. The maximum absolute atomic E-state index is 11.3. The molecule has 0 aliphatic heterocycles. The fraction of sp³-hybridized carbons (Fsp3) is 0.211. The van der Waals surface area contributed by atoms with Crippen molar-refractivity contribution in [3.05, 3.63) is 63.8 Å². The predicted octanol–water partition coefficient (Wildman–Crippen LogP) is 4.76. The van der Waals surface area contributed by atoms with E-state index < -0.39 is 4.92 Å². The number of hydrogen-bond acceptors (Lipinski definition) is 6. The highest BCUT2D eigenvalue weighted by molar-refractivity contribution is 7.98. The van der Waals surface area contributed by atoms with E-state index in [1.807, 2.05) is 37.3 Å². The summed E-state index contributed by atoms with van der Waals surface area (Å²) in [4.78, 5) is 16.0. The highest BCUT2D eigenvalue weighted by Gasteiger charge is 2.21. The van der Waals surface area contributed by atoms with Crippen LogP contribution in [0.15, 0.2) is 47.4 Å². The lowest BCUT2D eigenvalue weighted by Crippen LogP contribution is -2.04. The van der Waals surface area contributed by atoms with Crippen molar-refractivity contribution in [1.82, 2.24) is 4.98 Å². The van der Waals surface area contributed by atoms with Crippen LogP contribution in [-0.4, -0.2) is 23.3 Å². The third-order valence-corrected chi connectivity index (χ3v) is 4.88. The summed E-state index contributed by atoms with van der Waals surface area (Å²) in [5.41, 5.74) is 2.36. The molecule has 1 aromatic heterocycles. The van der Waals surface area contributed by atoms with E-state index in [4.69, 9.17) is 9.47 Å². The molecule has 26 heavy (non-hydrogen) atoms. The molecule has 0 N–H and O–H groups in total. The molecular formula is C19H18N2O4S. The lowest BCUT2D eigenvalue weighted by atomic mass is 10.1. The monoisotopic (exact) mass is 370 g/mol. The molecule has 0 spiro atoms. The Morgan fingerprint density at radius 2 is 1.96 bits per heavy atom. The molecule has 0 atom stereocenters. The smallest absolute Gasteiger partial charge is 0.283 e. The maximum atomic E-state index is 11.3. The van der Waals surface area contributed by atoms with Crippen LogP contribution in [-0.2, 0) is 6.61 Å². The van der Waals surface area contributed by atoms with Gasteiger partial charge in [0, 0.05) is 17.1 Å². The summed E-state index contributed by atoms with van der Waals surface area (Å²) in [7, 11) is 1.54. The van der Waals surface area contributed by atoms with Crippen molar-refractivity contribution >= 4 is 28.4 Å². The van der Waals surface area contributed by atoms with Gasteiger partial charge < -0.3 is 9.47 Å². The van der Waals surface area contributed by atoms with Crippen molar-refractivity contribution in [2.45, 2.75) is 18.4 Å². The molecule has 0 bridgehead atoms. The Morgan fingerprint density at radius 3 is 2.65 bits per heavy atom. The van der Waals surface area contributed by atoms with Crippen LogP contribution in [0.25, 0.3) is 10.9 Å². The number of aryl methyl sites for hydroxylation is 1. The average Bonchev–Trinajstić information content (AvgIpc) is 2.65. The Kier molecular flexibility index (Phi) is 5.27. The lowest BCUT2D eigenvalue weighted by Gasteiger charge is -2.15. The first-order valence-corrected chi connectivity index (χ1v) is 9.15. The summed E-state index contributed by atoms with van der Waals surface area (Å²) >= 11 is 1.30. The Morgan fingerprint density at radius 1 is 1.15 bits per heavy atom. The summed E-state index contributed by atoms with van der Waals surface area (Å²) in [6, 6.07) is 12.7. The summed E-state index contributed by atoms with van der Waals surface area (Å²) in [6.45, 7) is 2.07. The zero-order chi connectivity index (χ0) is 18.7. The molecule has 0 fully saturated rings. The molecule has 0 saturated carbocycles. The highest BCUT2D eigenvalue weighted by Crippen LogP contribution is 2.37. The van der Waals surface area contributed by atoms with E-state index in [1.54, 1.807) is 12.3 Å². The zero-order valence-corrected chi connectivity index (χ0v) is 15.5. The van der Waals surface area contributed by atoms with Crippen LogP contribution in [0, 0.1) is 17.0 Å². The molecular weight excluding hydrogens is 352 g/mol. The number of nitro benzene ring substituents is 1. The van der Waals surface area contributed by atoms with Gasteiger partial charge in [-0.1, -0.05) is 18.2 Å². The fourth-order valence-electron chi connectivity index (χ4n) is 2.78. The first kappa shape index (κ1) is 18.0. The highest BCUT2D eigenvalue weighted by atomic mass is 32.2. The van der Waals surface area contributed by atoms with Crippen LogP contribution in [0.5, 0.6) is 11.5 Å². The number of benzene rings is 2. The number of rotatable bonds is 6. The number of para-hydroxylation sites is 1. The Bertz CT molecular complexity index is 975. The number of pyridine rings is 1. The van der Waals surface area contributed by atoms with E-state index in [0.717, 1.165) is 16.6 Å². The minimum Gasteiger partial charge on any atom is -0.496 e. The van der Waals surface area contributed by atoms with Crippen molar-refractivity contribution in [2.75, 3.05) is 13.4 Å². The number of hydrogen-bond donors (Lipinski definition) is 0. The van der Waals surface area contributed by atoms with Crippen molar-refractivity contribution in [3.8, 4) is 11.5 Å². The molecule has 1 heterocycles. The SMILES string of the molecule is COc1ccc([N+](=O)[O-])c(SC)c1COc1cccc2ccc(C)nc12. The standard InChI is InChI=1S/C19H18N2O4S/c1-12-7-8-13-5-4-6-17(18(13)20-12)25-11-14-16(24-2)10-9-15(21(22)23)19(14)26-3/h4-10H,11H2,1-3H3. The minimum atomic E-state index is -0.391. The molecule has 0 aliphatic rings. The van der Waals surface area contributed by atoms with E-state index in [-0.39, 0.29) is 12.3 Å². The van der Waals surface area contributed by atoms with E-state index in [9.17, 15) is 10.1 Å². The van der Waals surface area contributed by atoms with Gasteiger partial charge in [0.05, 0.1) is 22.5 Å². The van der Waals surface area contributed by atoms with Crippen molar-refractivity contribution in [2.24, 2.45) is 0 Å². The van der Waals surface area contributed by atoms with Crippen molar-refractivity contribution < 1.29 is 14.4 Å². The molecule has 7 heteroatoms. The second-order valence-corrected chi connectivity index (χ2v) is 6.44. The molecule has 0 amide bonds. The number of nitrogens with zero attached hydrogens (tertiary/aromatic N) is 2. The van der Waals surface area contributed by atoms with Gasteiger partial charge in [0.1, 0.15) is 23.6 Å². The van der Waals surface area contributed by atoms with Gasteiger partial charge in [-0.15, -0.1) is 11.8 Å². The molecule has 6 nitrogen and oxygen atoms in total. The topological polar surface area (TPSA) is 74.5 Å². The molecule has 3 rings (SSSR count). The molecule has 0 unspecified atom stereocenters. The number of nitro groups is 1. The fourth-order valence-corrected chi connectivity index (χ4v) is 3.54. The van der Waals surface area contributed by atoms with Crippen LogP contribution in [0.3, 0.4) is 0 Å². The lowest BCUT2D eigenvalue weighted by molar-refractivity contribution is -0.387. The average molecular weight is 370 g/mol. The van der Waals surface area contributed by atoms with Crippen LogP contribution >= 0.6 is 11.8 Å². The van der Waals surface area contributed by atoms with E-state index in [2.05, 4.69) is 4.98 Å². The minimum absolute atomic E-state index is 0.0452. The number of aromatic nitrogens is 1. The molecule has 0 radical (unpaired) electrons. The third-order valence-electron chi connectivity index (χ3n) is 4.01. The van der Waals surface area contributed by atoms with Crippen molar-refractivity contribution in [1.29, 1.82) is 0 Å². The number of fused-ring (bicyclic) bond motifs is 1. The van der Waals surface area contributed by atoms with E-state index in [1.165, 1.54) is 24.9 Å². The quantitative estimate of drug-likeness (QED) is 0.354. The van der Waals surface area contributed by atoms with Crippen LogP contribution in [0.2, 0.25) is 0 Å². The van der Waals surface area contributed by atoms with Crippen LogP contribution in [0.1, 0.15) is 11.3 Å². The number of thioether (sulfide) groups is 1. The number of ether oxygens (including phenoxy) is 2. The molecule has 0 aliphatic carbocycles. The Hall–Kier alpha value is -2.80. The van der Waals surface area contributed by atoms with Crippen molar-refractivity contribution in [3.63, 3.8) is 0 Å². The molecule has 0 saturated heterocycles. The zero-order valence-electron chi connectivity index (χ0n) is 14.7. The number of methoxy groups -OCH3 is 1. The molecule has 2 aromatic carbocycles. The third kappa shape index (κ3) is 3.43. The van der Waals surface area contributed by atoms with Gasteiger partial charge in [0.2, 0.25) is 0 Å². The van der Waals surface area contributed by atoms with Crippen LogP contribution in [0.4, 0.5) is 5.69 Å². The first-order valence-electron chi connectivity index (χ1n) is 7.92. The van der Waals surface area contributed by atoms with E-state index in [0.29, 0.717) is 22.0 Å². The van der Waals surface area contributed by atoms with E-state index >= 15 is 0 Å². The van der Waals surface area contributed by atoms with Gasteiger partial charge in [-0.05, 0) is 31.4 Å². The van der Waals surface area contributed by atoms with Gasteiger partial charge in [-0.2, -0.15) is 0 Å². The summed E-state index contributed by atoms with van der Waals surface area (Å²) in [5, 5.41) is 12.3. The van der Waals surface area contributed by atoms with Gasteiger partial charge in [0.25, 0.3) is 5.69 Å². The molecule has 134 valence electrons. The summed E-state index contributed by atoms with van der Waals surface area (Å²) < 4.78 is 11.4. The predicted molar refractivity (Wildman–Crippen MR) is 102 cm³/mol. The maximum Gasteiger partial charge on any atom is 0.283 e. The summed E-state index contributed by atoms with van der Waals surface area (Å²) in [5.74, 6) is 1.19. The second-order valence-electron chi connectivity index (χ2n) is 5.63. The van der Waals surface area contributed by atoms with Gasteiger partial charge in [-0.3, -0.25) is 10.1 Å². The Labute approximate surface area is 155 Å². The second kappa shape index (κ2) is 7.61. The van der Waals surface area contributed by atoms with Gasteiger partial charge >= 0.3 is 0 Å².